The Balaban J connectivity index is 1.88. The van der Waals surface area contributed by atoms with Crippen molar-refractivity contribution in [2.24, 2.45) is 0 Å². The van der Waals surface area contributed by atoms with Gasteiger partial charge in [-0.3, -0.25) is 23.6 Å². The fourth-order valence-corrected chi connectivity index (χ4v) is 5.13. The quantitative estimate of drug-likeness (QED) is 0.0541. The van der Waals surface area contributed by atoms with Gasteiger partial charge in [-0.05, 0) is 82.4 Å². The average Bonchev–Trinajstić information content (AvgIpc) is 3.64. The van der Waals surface area contributed by atoms with Gasteiger partial charge in [-0.25, -0.2) is 23.9 Å². The van der Waals surface area contributed by atoms with E-state index in [9.17, 15) is 42.7 Å². The highest BCUT2D eigenvalue weighted by atomic mass is 19.1. The third-order valence-corrected chi connectivity index (χ3v) is 8.16. The van der Waals surface area contributed by atoms with Gasteiger partial charge in [0.15, 0.2) is 0 Å². The topological polar surface area (TPSA) is 320 Å². The van der Waals surface area contributed by atoms with Gasteiger partial charge in [-0.1, -0.05) is 5.21 Å². The van der Waals surface area contributed by atoms with Crippen LogP contribution in [0.25, 0.3) is 5.69 Å². The molecule has 21 nitrogen and oxygen atoms in total. The summed E-state index contributed by atoms with van der Waals surface area (Å²) >= 11 is 0. The number of aromatic nitrogens is 3. The van der Waals surface area contributed by atoms with Gasteiger partial charge in [0, 0.05) is 50.1 Å². The van der Waals surface area contributed by atoms with E-state index in [1.165, 1.54) is 22.9 Å². The third-order valence-electron chi connectivity index (χ3n) is 8.16. The fourth-order valence-electron chi connectivity index (χ4n) is 5.13. The molecule has 57 heavy (non-hydrogen) atoms. The van der Waals surface area contributed by atoms with E-state index in [1.807, 2.05) is 0 Å². The molecule has 1 aromatic carbocycles. The van der Waals surface area contributed by atoms with Crippen LogP contribution in [0.1, 0.15) is 97.0 Å². The van der Waals surface area contributed by atoms with Crippen LogP contribution in [0, 0.1) is 0 Å². The lowest BCUT2D eigenvalue weighted by molar-refractivity contribution is -0.142. The molecule has 314 valence electrons. The largest absolute Gasteiger partial charge is 0.481 e. The average molecular weight is 808 g/mol. The highest BCUT2D eigenvalue weighted by Gasteiger charge is 2.22. The lowest BCUT2D eigenvalue weighted by Gasteiger charge is -2.14. The Kier molecular flexibility index (Phi) is 21.1. The number of carboxylic acid groups (broad SMARTS) is 4. The zero-order chi connectivity index (χ0) is 42.2. The number of rotatable bonds is 28. The Labute approximate surface area is 326 Å². The second kappa shape index (κ2) is 25.7. The van der Waals surface area contributed by atoms with Crippen LogP contribution >= 0.6 is 0 Å². The van der Waals surface area contributed by atoms with Crippen LogP contribution < -0.4 is 31.9 Å². The van der Waals surface area contributed by atoms with Crippen molar-refractivity contribution in [1.29, 1.82) is 0 Å². The fraction of sp³-hybridized carbons (Fsp3) is 0.543. The van der Waals surface area contributed by atoms with E-state index < -0.39 is 79.4 Å². The minimum absolute atomic E-state index is 0.158. The molecule has 2 atom stereocenters. The van der Waals surface area contributed by atoms with E-state index in [4.69, 9.17) is 20.4 Å². The number of alkyl halides is 1. The Bertz CT molecular complexity index is 1600. The van der Waals surface area contributed by atoms with Crippen molar-refractivity contribution in [2.75, 3.05) is 32.9 Å². The van der Waals surface area contributed by atoms with Crippen molar-refractivity contribution >= 4 is 47.8 Å². The maximum absolute atomic E-state index is 13.2. The zero-order valence-electron chi connectivity index (χ0n) is 31.3. The molecular weight excluding hydrogens is 757 g/mol. The Morgan fingerprint density at radius 3 is 1.46 bits per heavy atom. The molecule has 2 rings (SSSR count). The summed E-state index contributed by atoms with van der Waals surface area (Å²) < 4.78 is 14.1. The number of urea groups is 2. The molecule has 1 aromatic heterocycles. The molecule has 0 bridgehead atoms. The van der Waals surface area contributed by atoms with Crippen molar-refractivity contribution in [3.05, 3.63) is 41.2 Å². The Morgan fingerprint density at radius 2 is 1.05 bits per heavy atom. The number of aliphatic carboxylic acids is 4. The molecule has 0 spiro atoms. The number of hydrogen-bond acceptors (Lipinski definition) is 10. The van der Waals surface area contributed by atoms with E-state index in [0.717, 1.165) is 0 Å². The maximum atomic E-state index is 13.2. The summed E-state index contributed by atoms with van der Waals surface area (Å²) in [5.74, 6) is -6.02. The van der Waals surface area contributed by atoms with Crippen LogP contribution in [0.4, 0.5) is 14.0 Å². The molecular formula is C35H50FN9O12. The minimum atomic E-state index is -1.35. The second-order valence-electron chi connectivity index (χ2n) is 12.8. The molecule has 0 saturated heterocycles. The number of carbonyl (C=O) groups is 8. The SMILES string of the molecule is O=C(O)CCC(NC(=O)NCCCCCNC(=O)c1cc(C(=O)NCCCCCNC(=O)NC(CCC(=O)O)C(=O)O)cc(-n2cc(CCCF)nn2)c1)C(=O)O. The molecule has 0 saturated carbocycles. The van der Waals surface area contributed by atoms with Gasteiger partial charge in [0.2, 0.25) is 0 Å². The highest BCUT2D eigenvalue weighted by molar-refractivity contribution is 6.00. The lowest BCUT2D eigenvalue weighted by Crippen LogP contribution is -2.46. The predicted octanol–water partition coefficient (Wildman–Crippen LogP) is 1.20. The maximum Gasteiger partial charge on any atom is 0.326 e. The van der Waals surface area contributed by atoms with Gasteiger partial charge in [0.1, 0.15) is 12.1 Å². The Hall–Kier alpha value is -6.35. The van der Waals surface area contributed by atoms with Crippen LogP contribution in [0.3, 0.4) is 0 Å². The van der Waals surface area contributed by atoms with Crippen LogP contribution in [-0.4, -0.2) is 128 Å². The first kappa shape index (κ1) is 46.8. The minimum Gasteiger partial charge on any atom is -0.481 e. The molecule has 1 heterocycles. The molecule has 6 amide bonds. The number of carbonyl (C=O) groups excluding carboxylic acids is 4. The van der Waals surface area contributed by atoms with Crippen LogP contribution in [0.15, 0.2) is 24.4 Å². The summed E-state index contributed by atoms with van der Waals surface area (Å²) in [6, 6.07) is 0.282. The van der Waals surface area contributed by atoms with Crippen molar-refractivity contribution in [2.45, 2.75) is 89.1 Å². The summed E-state index contributed by atoms with van der Waals surface area (Å²) in [5, 5.41) is 58.9. The number of carboxylic acids is 4. The molecule has 0 fully saturated rings. The molecule has 0 aliphatic carbocycles. The van der Waals surface area contributed by atoms with Gasteiger partial charge in [0.25, 0.3) is 11.8 Å². The van der Waals surface area contributed by atoms with E-state index in [2.05, 4.69) is 42.2 Å². The first-order chi connectivity index (χ1) is 27.2. The van der Waals surface area contributed by atoms with Crippen LogP contribution in [0.5, 0.6) is 0 Å². The molecule has 2 unspecified atom stereocenters. The zero-order valence-corrected chi connectivity index (χ0v) is 31.3. The van der Waals surface area contributed by atoms with E-state index in [0.29, 0.717) is 56.3 Å². The van der Waals surface area contributed by atoms with Gasteiger partial charge in [-0.15, -0.1) is 5.10 Å². The third kappa shape index (κ3) is 19.2. The van der Waals surface area contributed by atoms with E-state index in [-0.39, 0.29) is 56.6 Å². The van der Waals surface area contributed by atoms with Crippen molar-refractivity contribution in [3.63, 3.8) is 0 Å². The molecule has 22 heteroatoms. The van der Waals surface area contributed by atoms with Crippen LogP contribution in [-0.2, 0) is 25.6 Å². The van der Waals surface area contributed by atoms with Crippen LogP contribution in [0.2, 0.25) is 0 Å². The second-order valence-corrected chi connectivity index (χ2v) is 12.8. The molecule has 0 radical (unpaired) electrons. The number of halogens is 1. The number of hydrogen-bond donors (Lipinski definition) is 10. The van der Waals surface area contributed by atoms with Crippen molar-refractivity contribution < 1.29 is 63.2 Å². The number of amides is 6. The summed E-state index contributed by atoms with van der Waals surface area (Å²) in [4.78, 5) is 94.3. The van der Waals surface area contributed by atoms with Crippen molar-refractivity contribution in [3.8, 4) is 5.69 Å². The molecule has 0 aliphatic rings. The normalized spacial score (nSPS) is 11.7. The first-order valence-electron chi connectivity index (χ1n) is 18.4. The number of nitrogens with zero attached hydrogens (tertiary/aromatic N) is 3. The van der Waals surface area contributed by atoms with Gasteiger partial charge in [-0.2, -0.15) is 0 Å². The standard InChI is InChI=1S/C35H50FN9O12/c36-13-7-8-24-21-45(44-43-24)25-19-22(30(50)37-14-3-1-5-16-39-34(56)41-26(32(52)53)9-11-28(46)47)18-23(20-25)31(51)38-15-4-2-6-17-40-35(57)42-27(33(54)55)10-12-29(48)49/h18-21,26-27H,1-17H2,(H,37,50)(H,38,51)(H,46,47)(H,48,49)(H,52,53)(H,54,55)(H2,39,41,56)(H2,40,42,57). The molecule has 2 aromatic rings. The lowest BCUT2D eigenvalue weighted by atomic mass is 10.1. The summed E-state index contributed by atoms with van der Waals surface area (Å²) in [7, 11) is 0. The Morgan fingerprint density at radius 1 is 0.614 bits per heavy atom. The van der Waals surface area contributed by atoms with E-state index >= 15 is 0 Å². The number of unbranched alkanes of at least 4 members (excludes halogenated alkanes) is 4. The first-order valence-corrected chi connectivity index (χ1v) is 18.4. The number of aryl methyl sites for hydroxylation is 1. The molecule has 10 N–H and O–H groups in total. The van der Waals surface area contributed by atoms with Gasteiger partial charge >= 0.3 is 35.9 Å². The van der Waals surface area contributed by atoms with Gasteiger partial charge < -0.3 is 52.3 Å². The van der Waals surface area contributed by atoms with E-state index in [1.54, 1.807) is 6.20 Å². The number of nitrogens with one attached hydrogen (secondary N) is 6. The van der Waals surface area contributed by atoms with Crippen molar-refractivity contribution in [1.82, 2.24) is 46.9 Å². The summed E-state index contributed by atoms with van der Waals surface area (Å²) in [6.45, 7) is 0.391. The summed E-state index contributed by atoms with van der Waals surface area (Å²) in [6.07, 6.45) is 4.02. The predicted molar refractivity (Wildman–Crippen MR) is 198 cm³/mol. The smallest absolute Gasteiger partial charge is 0.326 e. The number of benzene rings is 1. The summed E-state index contributed by atoms with van der Waals surface area (Å²) in [5.41, 5.74) is 1.20. The highest BCUT2D eigenvalue weighted by Crippen LogP contribution is 2.16. The monoisotopic (exact) mass is 807 g/mol. The van der Waals surface area contributed by atoms with Gasteiger partial charge in [0.05, 0.1) is 24.3 Å². The molecule has 0 aliphatic heterocycles.